The van der Waals surface area contributed by atoms with Crippen molar-refractivity contribution in [1.82, 2.24) is 10.3 Å². The molecule has 1 aromatic rings. The van der Waals surface area contributed by atoms with Crippen molar-refractivity contribution in [1.29, 1.82) is 0 Å². The van der Waals surface area contributed by atoms with Gasteiger partial charge in [0.2, 0.25) is 0 Å². The Bertz CT molecular complexity index is 431. The molecule has 1 aromatic heterocycles. The van der Waals surface area contributed by atoms with Gasteiger partial charge >= 0.3 is 0 Å². The molecule has 3 N–H and O–H groups in total. The summed E-state index contributed by atoms with van der Waals surface area (Å²) < 4.78 is 0. The Labute approximate surface area is 120 Å². The van der Waals surface area contributed by atoms with Gasteiger partial charge in [0.15, 0.2) is 0 Å². The number of nitrogens with zero attached hydrogens (tertiary/aromatic N) is 1. The summed E-state index contributed by atoms with van der Waals surface area (Å²) in [5, 5.41) is 6.23. The number of rotatable bonds is 5. The minimum absolute atomic E-state index is 0.799. The molecule has 0 aliphatic carbocycles. The third kappa shape index (κ3) is 4.51. The lowest BCUT2D eigenvalue weighted by molar-refractivity contribution is 1.04. The van der Waals surface area contributed by atoms with Crippen molar-refractivity contribution in [2.45, 2.75) is 0 Å². The van der Waals surface area contributed by atoms with E-state index in [9.17, 15) is 0 Å². The van der Waals surface area contributed by atoms with Crippen LogP contribution in [0.2, 0.25) is 0 Å². The van der Waals surface area contributed by atoms with Crippen molar-refractivity contribution in [2.75, 3.05) is 16.7 Å². The van der Waals surface area contributed by atoms with Gasteiger partial charge in [-0.3, -0.25) is 4.98 Å². The maximum absolute atomic E-state index is 5.99. The second-order valence-electron chi connectivity index (χ2n) is 3.55. The topological polar surface area (TPSA) is 50.9 Å². The number of thioether (sulfide) groups is 3. The largest absolute Gasteiger partial charge is 0.398 e. The third-order valence-corrected chi connectivity index (χ3v) is 5.37. The molecule has 18 heavy (non-hydrogen) atoms. The zero-order valence-electron chi connectivity index (χ0n) is 9.83. The number of nitrogens with one attached hydrogen (secondary N) is 1. The van der Waals surface area contributed by atoms with Crippen LogP contribution >= 0.6 is 35.3 Å². The minimum atomic E-state index is 0.799. The smallest absolute Gasteiger partial charge is 0.0609 e. The molecule has 0 aromatic carbocycles. The van der Waals surface area contributed by atoms with E-state index in [0.717, 1.165) is 28.0 Å². The quantitative estimate of drug-likeness (QED) is 0.644. The molecule has 6 heteroatoms. The first kappa shape index (κ1) is 13.7. The molecule has 0 amide bonds. The molecule has 0 bridgehead atoms. The van der Waals surface area contributed by atoms with Crippen LogP contribution < -0.4 is 11.1 Å². The van der Waals surface area contributed by atoms with Crippen molar-refractivity contribution in [3.05, 3.63) is 46.6 Å². The molecule has 0 atom stereocenters. The number of pyridine rings is 1. The zero-order valence-corrected chi connectivity index (χ0v) is 12.3. The van der Waals surface area contributed by atoms with Gasteiger partial charge < -0.3 is 11.1 Å². The first-order valence-corrected chi connectivity index (χ1v) is 8.66. The maximum atomic E-state index is 5.99. The minimum Gasteiger partial charge on any atom is -0.398 e. The van der Waals surface area contributed by atoms with Gasteiger partial charge in [-0.15, -0.1) is 35.3 Å². The van der Waals surface area contributed by atoms with Crippen LogP contribution in [0.25, 0.3) is 5.70 Å². The number of aromatic nitrogens is 1. The van der Waals surface area contributed by atoms with E-state index in [0.29, 0.717) is 0 Å². The van der Waals surface area contributed by atoms with E-state index in [4.69, 9.17) is 5.73 Å². The van der Waals surface area contributed by atoms with E-state index >= 15 is 0 Å². The van der Waals surface area contributed by atoms with Crippen molar-refractivity contribution >= 4 is 41.0 Å². The molecule has 2 rings (SSSR count). The van der Waals surface area contributed by atoms with Crippen molar-refractivity contribution < 1.29 is 0 Å². The van der Waals surface area contributed by atoms with Gasteiger partial charge in [-0.05, 0) is 17.5 Å². The highest BCUT2D eigenvalue weighted by atomic mass is 32.2. The Morgan fingerprint density at radius 3 is 3.06 bits per heavy atom. The van der Waals surface area contributed by atoms with Crippen molar-refractivity contribution in [3.63, 3.8) is 0 Å². The SMILES string of the molecule is N/C(=C\SCSC1=CNCSC1)c1ccncc1. The highest BCUT2D eigenvalue weighted by molar-refractivity contribution is 8.19. The summed E-state index contributed by atoms with van der Waals surface area (Å²) in [4.78, 5) is 5.37. The number of hydrogen-bond donors (Lipinski definition) is 2. The predicted octanol–water partition coefficient (Wildman–Crippen LogP) is 2.90. The summed E-state index contributed by atoms with van der Waals surface area (Å²) in [6.45, 7) is 0. The van der Waals surface area contributed by atoms with Gasteiger partial charge in [0, 0.05) is 45.6 Å². The summed E-state index contributed by atoms with van der Waals surface area (Å²) in [6.07, 6.45) is 5.62. The Hall–Kier alpha value is -0.720. The Morgan fingerprint density at radius 1 is 1.50 bits per heavy atom. The summed E-state index contributed by atoms with van der Waals surface area (Å²) in [5.74, 6) is 2.13. The third-order valence-electron chi connectivity index (χ3n) is 2.23. The molecule has 0 radical (unpaired) electrons. The van der Waals surface area contributed by atoms with E-state index in [1.807, 2.05) is 41.1 Å². The number of hydrogen-bond acceptors (Lipinski definition) is 6. The van der Waals surface area contributed by atoms with E-state index in [-0.39, 0.29) is 0 Å². The Kier molecular flexibility index (Phi) is 5.83. The van der Waals surface area contributed by atoms with Crippen LogP contribution in [-0.2, 0) is 0 Å². The van der Waals surface area contributed by atoms with E-state index in [2.05, 4.69) is 16.5 Å². The molecule has 0 saturated heterocycles. The van der Waals surface area contributed by atoms with Crippen LogP contribution in [-0.4, -0.2) is 21.7 Å². The van der Waals surface area contributed by atoms with Gasteiger partial charge in [-0.1, -0.05) is 0 Å². The monoisotopic (exact) mass is 297 g/mol. The second-order valence-corrected chi connectivity index (χ2v) is 6.86. The van der Waals surface area contributed by atoms with Crippen LogP contribution in [0.4, 0.5) is 0 Å². The fourth-order valence-corrected chi connectivity index (χ4v) is 4.14. The van der Waals surface area contributed by atoms with Crippen LogP contribution in [0.15, 0.2) is 41.0 Å². The molecule has 2 heterocycles. The molecule has 0 unspecified atom stereocenters. The first-order chi connectivity index (χ1) is 8.86. The average Bonchev–Trinajstić information content (AvgIpc) is 2.45. The van der Waals surface area contributed by atoms with Gasteiger partial charge in [0.25, 0.3) is 0 Å². The maximum Gasteiger partial charge on any atom is 0.0609 e. The standard InChI is InChI=1S/C12H15N3S3/c13-12(10-1-3-14-4-2-10)7-17-9-18-11-5-15-8-16-6-11/h1-5,7,15H,6,8-9,13H2/b12-7-. The molecule has 96 valence electrons. The first-order valence-electron chi connectivity index (χ1n) is 5.47. The second kappa shape index (κ2) is 7.66. The normalized spacial score (nSPS) is 16.0. The van der Waals surface area contributed by atoms with Gasteiger partial charge in [0.05, 0.1) is 5.88 Å². The molecule has 1 aliphatic heterocycles. The van der Waals surface area contributed by atoms with E-state index in [1.54, 1.807) is 24.2 Å². The molecule has 3 nitrogen and oxygen atoms in total. The van der Waals surface area contributed by atoms with Crippen LogP contribution in [0, 0.1) is 0 Å². The lowest BCUT2D eigenvalue weighted by atomic mass is 10.2. The lowest BCUT2D eigenvalue weighted by Gasteiger charge is -2.12. The van der Waals surface area contributed by atoms with Crippen molar-refractivity contribution in [3.8, 4) is 0 Å². The summed E-state index contributed by atoms with van der Waals surface area (Å²) in [5.41, 5.74) is 7.81. The fourth-order valence-electron chi connectivity index (χ4n) is 1.34. The summed E-state index contributed by atoms with van der Waals surface area (Å²) in [6, 6.07) is 3.84. The lowest BCUT2D eigenvalue weighted by Crippen LogP contribution is -2.10. The Morgan fingerprint density at radius 2 is 2.33 bits per heavy atom. The summed E-state index contributed by atoms with van der Waals surface area (Å²) >= 11 is 5.50. The highest BCUT2D eigenvalue weighted by Gasteiger charge is 2.03. The molecule has 1 aliphatic rings. The van der Waals surface area contributed by atoms with Crippen molar-refractivity contribution in [2.24, 2.45) is 5.73 Å². The summed E-state index contributed by atoms with van der Waals surface area (Å²) in [7, 11) is 0. The molecule has 0 fully saturated rings. The Balaban J connectivity index is 1.75. The van der Waals surface area contributed by atoms with Crippen LogP contribution in [0.1, 0.15) is 5.56 Å². The molecular formula is C12H15N3S3. The average molecular weight is 297 g/mol. The van der Waals surface area contributed by atoms with E-state index in [1.165, 1.54) is 4.91 Å². The highest BCUT2D eigenvalue weighted by Crippen LogP contribution is 2.27. The fraction of sp³-hybridized carbons (Fsp3) is 0.250. The zero-order chi connectivity index (χ0) is 12.6. The van der Waals surface area contributed by atoms with Crippen LogP contribution in [0.5, 0.6) is 0 Å². The molecule has 0 spiro atoms. The van der Waals surface area contributed by atoms with E-state index < -0.39 is 0 Å². The molecular weight excluding hydrogens is 282 g/mol. The van der Waals surface area contributed by atoms with Gasteiger partial charge in [-0.2, -0.15) is 0 Å². The van der Waals surface area contributed by atoms with Crippen LogP contribution in [0.3, 0.4) is 0 Å². The number of nitrogens with two attached hydrogens (primary N) is 1. The molecule has 0 saturated carbocycles. The predicted molar refractivity (Wildman–Crippen MR) is 85.0 cm³/mol. The van der Waals surface area contributed by atoms with Gasteiger partial charge in [-0.25, -0.2) is 0 Å². The van der Waals surface area contributed by atoms with Gasteiger partial charge in [0.1, 0.15) is 0 Å².